The number of aromatic nitrogens is 1. The van der Waals surface area contributed by atoms with Gasteiger partial charge in [-0.3, -0.25) is 4.79 Å². The van der Waals surface area contributed by atoms with Crippen molar-refractivity contribution in [3.05, 3.63) is 29.1 Å². The highest BCUT2D eigenvalue weighted by Gasteiger charge is 2.32. The summed E-state index contributed by atoms with van der Waals surface area (Å²) in [7, 11) is 0. The van der Waals surface area contributed by atoms with Crippen molar-refractivity contribution >= 4 is 18.3 Å². The first-order valence-electron chi connectivity index (χ1n) is 6.40. The number of alkyl halides is 3. The summed E-state index contributed by atoms with van der Waals surface area (Å²) in [6.45, 7) is 5.31. The SMILES string of the molecule is CCCNCCNC(=O)c1ccc(C(F)(F)F)nc1C.Cl. The Kier molecular flexibility index (Phi) is 8.27. The van der Waals surface area contributed by atoms with Crippen molar-refractivity contribution in [1.29, 1.82) is 0 Å². The lowest BCUT2D eigenvalue weighted by Crippen LogP contribution is -2.32. The van der Waals surface area contributed by atoms with Crippen LogP contribution in [0.2, 0.25) is 0 Å². The Bertz CT molecular complexity index is 466. The molecule has 1 heterocycles. The van der Waals surface area contributed by atoms with E-state index in [9.17, 15) is 18.0 Å². The second kappa shape index (κ2) is 8.84. The molecule has 0 saturated carbocycles. The van der Waals surface area contributed by atoms with E-state index in [2.05, 4.69) is 15.6 Å². The lowest BCUT2D eigenvalue weighted by Gasteiger charge is -2.10. The van der Waals surface area contributed by atoms with Crippen LogP contribution < -0.4 is 10.6 Å². The number of rotatable bonds is 6. The first-order chi connectivity index (χ1) is 9.36. The van der Waals surface area contributed by atoms with E-state index in [0.717, 1.165) is 25.1 Å². The van der Waals surface area contributed by atoms with E-state index in [1.165, 1.54) is 6.92 Å². The minimum atomic E-state index is -4.50. The molecule has 2 N–H and O–H groups in total. The molecular formula is C13H19ClF3N3O. The van der Waals surface area contributed by atoms with Crippen LogP contribution in [-0.2, 0) is 6.18 Å². The molecule has 1 aromatic heterocycles. The average molecular weight is 326 g/mol. The molecule has 4 nitrogen and oxygen atoms in total. The summed E-state index contributed by atoms with van der Waals surface area (Å²) in [6, 6.07) is 1.97. The van der Waals surface area contributed by atoms with Gasteiger partial charge in [-0.15, -0.1) is 12.4 Å². The Labute approximate surface area is 127 Å². The molecule has 0 aliphatic heterocycles. The molecule has 0 saturated heterocycles. The topological polar surface area (TPSA) is 54.0 Å². The third-order valence-electron chi connectivity index (χ3n) is 2.63. The van der Waals surface area contributed by atoms with Crippen LogP contribution in [0.3, 0.4) is 0 Å². The van der Waals surface area contributed by atoms with Crippen LogP contribution in [0.15, 0.2) is 12.1 Å². The van der Waals surface area contributed by atoms with Crippen LogP contribution in [0.1, 0.15) is 35.1 Å². The first-order valence-corrected chi connectivity index (χ1v) is 6.40. The molecule has 21 heavy (non-hydrogen) atoms. The van der Waals surface area contributed by atoms with Gasteiger partial charge in [-0.25, -0.2) is 4.98 Å². The summed E-state index contributed by atoms with van der Waals surface area (Å²) >= 11 is 0. The summed E-state index contributed by atoms with van der Waals surface area (Å²) < 4.78 is 37.4. The fraction of sp³-hybridized carbons (Fsp3) is 0.538. The minimum Gasteiger partial charge on any atom is -0.351 e. The molecule has 0 fully saturated rings. The van der Waals surface area contributed by atoms with Gasteiger partial charge in [0.05, 0.1) is 11.3 Å². The minimum absolute atomic E-state index is 0. The number of aryl methyl sites for hydroxylation is 1. The summed E-state index contributed by atoms with van der Waals surface area (Å²) in [4.78, 5) is 15.2. The predicted molar refractivity (Wildman–Crippen MR) is 76.7 cm³/mol. The summed E-state index contributed by atoms with van der Waals surface area (Å²) in [5, 5.41) is 5.74. The standard InChI is InChI=1S/C13H18F3N3O.ClH/c1-3-6-17-7-8-18-12(20)10-4-5-11(13(14,15)16)19-9(10)2;/h4-5,17H,3,6-8H2,1-2H3,(H,18,20);1H. The van der Waals surface area contributed by atoms with Crippen molar-refractivity contribution in [2.24, 2.45) is 0 Å². The van der Waals surface area contributed by atoms with Gasteiger partial charge in [0.15, 0.2) is 0 Å². The van der Waals surface area contributed by atoms with Crippen molar-refractivity contribution < 1.29 is 18.0 Å². The Balaban J connectivity index is 0.00000400. The molecule has 0 bridgehead atoms. The number of hydrogen-bond donors (Lipinski definition) is 2. The zero-order valence-electron chi connectivity index (χ0n) is 11.9. The third kappa shape index (κ3) is 6.31. The monoisotopic (exact) mass is 325 g/mol. The van der Waals surface area contributed by atoms with Gasteiger partial charge in [0, 0.05) is 13.1 Å². The number of nitrogens with one attached hydrogen (secondary N) is 2. The molecule has 0 radical (unpaired) electrons. The fourth-order valence-electron chi connectivity index (χ4n) is 1.62. The van der Waals surface area contributed by atoms with E-state index in [0.29, 0.717) is 13.1 Å². The Hall–Kier alpha value is -1.34. The molecule has 0 unspecified atom stereocenters. The van der Waals surface area contributed by atoms with Crippen LogP contribution in [0.25, 0.3) is 0 Å². The lowest BCUT2D eigenvalue weighted by atomic mass is 10.1. The maximum Gasteiger partial charge on any atom is 0.433 e. The highest BCUT2D eigenvalue weighted by atomic mass is 35.5. The largest absolute Gasteiger partial charge is 0.433 e. The number of carbonyl (C=O) groups excluding carboxylic acids is 1. The van der Waals surface area contributed by atoms with Crippen LogP contribution in [0.4, 0.5) is 13.2 Å². The fourth-order valence-corrected chi connectivity index (χ4v) is 1.62. The number of nitrogens with zero attached hydrogens (tertiary/aromatic N) is 1. The van der Waals surface area contributed by atoms with Gasteiger partial charge in [-0.05, 0) is 32.0 Å². The van der Waals surface area contributed by atoms with E-state index in [1.54, 1.807) is 0 Å². The van der Waals surface area contributed by atoms with Gasteiger partial charge >= 0.3 is 6.18 Å². The summed E-state index contributed by atoms with van der Waals surface area (Å²) in [5.74, 6) is -0.415. The zero-order chi connectivity index (χ0) is 15.2. The van der Waals surface area contributed by atoms with Crippen molar-refractivity contribution in [3.63, 3.8) is 0 Å². The second-order valence-electron chi connectivity index (χ2n) is 4.33. The van der Waals surface area contributed by atoms with Crippen LogP contribution in [0.5, 0.6) is 0 Å². The van der Waals surface area contributed by atoms with Crippen LogP contribution in [-0.4, -0.2) is 30.5 Å². The Morgan fingerprint density at radius 3 is 2.43 bits per heavy atom. The first kappa shape index (κ1) is 19.7. The normalized spacial score (nSPS) is 10.9. The molecule has 1 aromatic rings. The number of halogens is 4. The zero-order valence-corrected chi connectivity index (χ0v) is 12.7. The maximum absolute atomic E-state index is 12.5. The molecule has 0 spiro atoms. The highest BCUT2D eigenvalue weighted by Crippen LogP contribution is 2.28. The van der Waals surface area contributed by atoms with E-state index in [1.807, 2.05) is 6.92 Å². The molecule has 120 valence electrons. The number of hydrogen-bond acceptors (Lipinski definition) is 3. The highest BCUT2D eigenvalue weighted by molar-refractivity contribution is 5.95. The average Bonchev–Trinajstić information content (AvgIpc) is 2.37. The summed E-state index contributed by atoms with van der Waals surface area (Å²) in [6.07, 6.45) is -3.50. The predicted octanol–water partition coefficient (Wildman–Crippen LogP) is 2.56. The molecule has 1 amide bonds. The Morgan fingerprint density at radius 2 is 1.90 bits per heavy atom. The van der Waals surface area contributed by atoms with E-state index in [4.69, 9.17) is 0 Å². The Morgan fingerprint density at radius 1 is 1.24 bits per heavy atom. The van der Waals surface area contributed by atoms with Crippen molar-refractivity contribution in [1.82, 2.24) is 15.6 Å². The quantitative estimate of drug-likeness (QED) is 0.790. The van der Waals surface area contributed by atoms with Crippen molar-refractivity contribution in [2.45, 2.75) is 26.4 Å². The van der Waals surface area contributed by atoms with Gasteiger partial charge in [-0.2, -0.15) is 13.2 Å². The van der Waals surface area contributed by atoms with Crippen LogP contribution in [0, 0.1) is 6.92 Å². The van der Waals surface area contributed by atoms with Crippen molar-refractivity contribution in [3.8, 4) is 0 Å². The molecule has 0 atom stereocenters. The lowest BCUT2D eigenvalue weighted by molar-refractivity contribution is -0.141. The second-order valence-corrected chi connectivity index (χ2v) is 4.33. The maximum atomic E-state index is 12.5. The number of pyridine rings is 1. The smallest absolute Gasteiger partial charge is 0.351 e. The van der Waals surface area contributed by atoms with Gasteiger partial charge in [0.2, 0.25) is 0 Å². The van der Waals surface area contributed by atoms with E-state index < -0.39 is 17.8 Å². The van der Waals surface area contributed by atoms with Crippen LogP contribution >= 0.6 is 12.4 Å². The van der Waals surface area contributed by atoms with Gasteiger partial charge in [-0.1, -0.05) is 6.92 Å². The van der Waals surface area contributed by atoms with Crippen molar-refractivity contribution in [2.75, 3.05) is 19.6 Å². The van der Waals surface area contributed by atoms with E-state index >= 15 is 0 Å². The van der Waals surface area contributed by atoms with E-state index in [-0.39, 0.29) is 23.7 Å². The molecular weight excluding hydrogens is 307 g/mol. The van der Waals surface area contributed by atoms with Gasteiger partial charge < -0.3 is 10.6 Å². The molecule has 0 aliphatic rings. The van der Waals surface area contributed by atoms with Gasteiger partial charge in [0.1, 0.15) is 5.69 Å². The molecule has 0 aromatic carbocycles. The third-order valence-corrected chi connectivity index (χ3v) is 2.63. The summed E-state index contributed by atoms with van der Waals surface area (Å²) in [5.41, 5.74) is -0.761. The molecule has 0 aliphatic carbocycles. The molecule has 1 rings (SSSR count). The molecule has 8 heteroatoms. The number of amides is 1. The number of carbonyl (C=O) groups is 1. The van der Waals surface area contributed by atoms with Gasteiger partial charge in [0.25, 0.3) is 5.91 Å².